The molecule has 21 heavy (non-hydrogen) atoms. The minimum atomic E-state index is -0.227. The van der Waals surface area contributed by atoms with Gasteiger partial charge in [-0.3, -0.25) is 9.69 Å². The van der Waals surface area contributed by atoms with Crippen molar-refractivity contribution in [2.24, 2.45) is 5.92 Å². The zero-order chi connectivity index (χ0) is 15.2. The zero-order valence-electron chi connectivity index (χ0n) is 12.2. The number of aliphatic hydroxyl groups excluding tert-OH is 1. The molecule has 0 bridgehead atoms. The lowest BCUT2D eigenvalue weighted by Gasteiger charge is -2.35. The lowest BCUT2D eigenvalue weighted by Crippen LogP contribution is -2.47. The molecule has 5 heteroatoms. The fourth-order valence-corrected chi connectivity index (χ4v) is 2.64. The molecule has 0 spiro atoms. The van der Waals surface area contributed by atoms with Gasteiger partial charge in [-0.15, -0.1) is 0 Å². The summed E-state index contributed by atoms with van der Waals surface area (Å²) in [4.78, 5) is 14.4. The minimum absolute atomic E-state index is 0.0571. The van der Waals surface area contributed by atoms with Gasteiger partial charge in [0.05, 0.1) is 17.7 Å². The highest BCUT2D eigenvalue weighted by molar-refractivity contribution is 5.94. The quantitative estimate of drug-likeness (QED) is 0.881. The number of piperidine rings is 1. The average molecular weight is 287 g/mol. The second-order valence-electron chi connectivity index (χ2n) is 5.54. The smallest absolute Gasteiger partial charge is 0.241 e. The van der Waals surface area contributed by atoms with Crippen LogP contribution in [0.1, 0.15) is 25.3 Å². The van der Waals surface area contributed by atoms with E-state index in [0.29, 0.717) is 11.3 Å². The van der Waals surface area contributed by atoms with E-state index in [0.717, 1.165) is 25.9 Å². The maximum Gasteiger partial charge on any atom is 0.241 e. The molecule has 2 rings (SSSR count). The van der Waals surface area contributed by atoms with Crippen molar-refractivity contribution >= 4 is 11.6 Å². The molecule has 5 nitrogen and oxygen atoms in total. The first-order chi connectivity index (χ1) is 10.1. The van der Waals surface area contributed by atoms with E-state index in [-0.39, 0.29) is 24.5 Å². The Morgan fingerprint density at radius 2 is 2.24 bits per heavy atom. The summed E-state index contributed by atoms with van der Waals surface area (Å²) in [5.74, 6) is 0.210. The number of carbonyl (C=O) groups excluding carboxylic acids is 1. The van der Waals surface area contributed by atoms with Gasteiger partial charge < -0.3 is 10.4 Å². The maximum absolute atomic E-state index is 12.3. The number of benzene rings is 1. The predicted molar refractivity (Wildman–Crippen MR) is 80.6 cm³/mol. The first-order valence-corrected chi connectivity index (χ1v) is 7.30. The van der Waals surface area contributed by atoms with Gasteiger partial charge >= 0.3 is 0 Å². The molecule has 112 valence electrons. The Kier molecular flexibility index (Phi) is 5.32. The van der Waals surface area contributed by atoms with Gasteiger partial charge in [-0.1, -0.05) is 0 Å². The molecule has 1 aliphatic heterocycles. The number of nitrogens with zero attached hydrogens (tertiary/aromatic N) is 2. The van der Waals surface area contributed by atoms with Gasteiger partial charge in [0.15, 0.2) is 0 Å². The summed E-state index contributed by atoms with van der Waals surface area (Å²) in [7, 11) is 0. The van der Waals surface area contributed by atoms with Gasteiger partial charge in [0.25, 0.3) is 0 Å². The number of nitrogens with one attached hydrogen (secondary N) is 1. The first kappa shape index (κ1) is 15.5. The van der Waals surface area contributed by atoms with Crippen molar-refractivity contribution in [2.75, 3.05) is 25.0 Å². The molecule has 0 aliphatic carbocycles. The Bertz CT molecular complexity index is 521. The van der Waals surface area contributed by atoms with E-state index < -0.39 is 0 Å². The Hall–Kier alpha value is -1.90. The number of rotatable bonds is 4. The number of hydrogen-bond donors (Lipinski definition) is 2. The van der Waals surface area contributed by atoms with Gasteiger partial charge in [0, 0.05) is 18.8 Å². The van der Waals surface area contributed by atoms with Crippen molar-refractivity contribution < 1.29 is 9.90 Å². The largest absolute Gasteiger partial charge is 0.396 e. The summed E-state index contributed by atoms with van der Waals surface area (Å²) in [6.45, 7) is 3.72. The van der Waals surface area contributed by atoms with E-state index in [9.17, 15) is 9.90 Å². The van der Waals surface area contributed by atoms with Crippen molar-refractivity contribution in [3.8, 4) is 6.07 Å². The van der Waals surface area contributed by atoms with E-state index in [4.69, 9.17) is 5.26 Å². The Labute approximate surface area is 125 Å². The van der Waals surface area contributed by atoms with E-state index in [1.165, 1.54) is 0 Å². The highest BCUT2D eigenvalue weighted by Gasteiger charge is 2.27. The second kappa shape index (κ2) is 7.21. The molecule has 0 aromatic heterocycles. The number of anilines is 1. The summed E-state index contributed by atoms with van der Waals surface area (Å²) in [6, 6.07) is 8.65. The summed E-state index contributed by atoms with van der Waals surface area (Å²) < 4.78 is 0. The SMILES string of the molecule is CC(C(=O)Nc1ccc(C#N)cc1)N1CCCC(CO)C1. The van der Waals surface area contributed by atoms with Crippen LogP contribution < -0.4 is 5.32 Å². The van der Waals surface area contributed by atoms with Crippen LogP contribution in [0.5, 0.6) is 0 Å². The van der Waals surface area contributed by atoms with E-state index in [1.807, 2.05) is 13.0 Å². The Morgan fingerprint density at radius 1 is 1.52 bits per heavy atom. The summed E-state index contributed by atoms with van der Waals surface area (Å²) >= 11 is 0. The molecule has 2 unspecified atom stereocenters. The van der Waals surface area contributed by atoms with Crippen molar-refractivity contribution in [1.82, 2.24) is 4.90 Å². The molecule has 0 radical (unpaired) electrons. The van der Waals surface area contributed by atoms with Crippen LogP contribution in [-0.2, 0) is 4.79 Å². The fraction of sp³-hybridized carbons (Fsp3) is 0.500. The van der Waals surface area contributed by atoms with Gasteiger partial charge in [0.2, 0.25) is 5.91 Å². The number of hydrogen-bond acceptors (Lipinski definition) is 4. The molecule has 1 amide bonds. The molecular weight excluding hydrogens is 266 g/mol. The van der Waals surface area contributed by atoms with E-state index in [1.54, 1.807) is 24.3 Å². The van der Waals surface area contributed by atoms with Crippen molar-refractivity contribution in [1.29, 1.82) is 5.26 Å². The highest BCUT2D eigenvalue weighted by atomic mass is 16.3. The molecule has 1 fully saturated rings. The van der Waals surface area contributed by atoms with Crippen LogP contribution in [0, 0.1) is 17.2 Å². The topological polar surface area (TPSA) is 76.4 Å². The van der Waals surface area contributed by atoms with Gasteiger partial charge in [0.1, 0.15) is 0 Å². The van der Waals surface area contributed by atoms with Crippen molar-refractivity contribution in [3.63, 3.8) is 0 Å². The third kappa shape index (κ3) is 4.03. The van der Waals surface area contributed by atoms with E-state index in [2.05, 4.69) is 10.2 Å². The standard InChI is InChI=1S/C16H21N3O2/c1-12(19-8-2-3-14(10-19)11-20)16(21)18-15-6-4-13(9-17)5-7-15/h4-7,12,14,20H,2-3,8,10-11H2,1H3,(H,18,21). The summed E-state index contributed by atoms with van der Waals surface area (Å²) in [5.41, 5.74) is 1.27. The third-order valence-electron chi connectivity index (χ3n) is 4.02. The van der Waals surface area contributed by atoms with Crippen LogP contribution in [0.3, 0.4) is 0 Å². The fourth-order valence-electron chi connectivity index (χ4n) is 2.64. The monoisotopic (exact) mass is 287 g/mol. The molecular formula is C16H21N3O2. The van der Waals surface area contributed by atoms with Crippen molar-refractivity contribution in [3.05, 3.63) is 29.8 Å². The van der Waals surface area contributed by atoms with Crippen LogP contribution in [0.4, 0.5) is 5.69 Å². The first-order valence-electron chi connectivity index (χ1n) is 7.30. The maximum atomic E-state index is 12.3. The molecule has 0 saturated carbocycles. The van der Waals surface area contributed by atoms with E-state index >= 15 is 0 Å². The van der Waals surface area contributed by atoms with Crippen LogP contribution in [-0.4, -0.2) is 41.7 Å². The van der Waals surface area contributed by atoms with Gasteiger partial charge in [-0.25, -0.2) is 0 Å². The normalized spacial score (nSPS) is 20.5. The van der Waals surface area contributed by atoms with Crippen LogP contribution in [0.15, 0.2) is 24.3 Å². The average Bonchev–Trinajstić information content (AvgIpc) is 2.54. The lowest BCUT2D eigenvalue weighted by molar-refractivity contribution is -0.121. The number of aliphatic hydroxyl groups is 1. The number of amides is 1. The third-order valence-corrected chi connectivity index (χ3v) is 4.02. The van der Waals surface area contributed by atoms with Crippen molar-refractivity contribution in [2.45, 2.75) is 25.8 Å². The zero-order valence-corrected chi connectivity index (χ0v) is 12.2. The second-order valence-corrected chi connectivity index (χ2v) is 5.54. The summed E-state index contributed by atoms with van der Waals surface area (Å²) in [5, 5.41) is 20.9. The molecule has 2 atom stereocenters. The van der Waals surface area contributed by atoms with Crippen LogP contribution in [0.2, 0.25) is 0 Å². The van der Waals surface area contributed by atoms with Crippen LogP contribution >= 0.6 is 0 Å². The molecule has 1 heterocycles. The minimum Gasteiger partial charge on any atom is -0.396 e. The molecule has 1 aromatic rings. The van der Waals surface area contributed by atoms with Gasteiger partial charge in [-0.05, 0) is 56.5 Å². The Morgan fingerprint density at radius 3 is 2.86 bits per heavy atom. The van der Waals surface area contributed by atoms with Gasteiger partial charge in [-0.2, -0.15) is 5.26 Å². The molecule has 2 N–H and O–H groups in total. The highest BCUT2D eigenvalue weighted by Crippen LogP contribution is 2.19. The number of likely N-dealkylation sites (tertiary alicyclic amines) is 1. The molecule has 1 aliphatic rings. The molecule has 1 aromatic carbocycles. The lowest BCUT2D eigenvalue weighted by atomic mass is 9.97. The Balaban J connectivity index is 1.94. The number of nitriles is 1. The number of carbonyl (C=O) groups is 1. The van der Waals surface area contributed by atoms with Crippen LogP contribution in [0.25, 0.3) is 0 Å². The summed E-state index contributed by atoms with van der Waals surface area (Å²) in [6.07, 6.45) is 2.04. The predicted octanol–water partition coefficient (Wildman–Crippen LogP) is 1.59. The molecule has 1 saturated heterocycles.